The van der Waals surface area contributed by atoms with Gasteiger partial charge in [-0.1, -0.05) is 6.08 Å². The van der Waals surface area contributed by atoms with E-state index in [1.54, 1.807) is 27.4 Å². The second kappa shape index (κ2) is 16.6. The highest BCUT2D eigenvalue weighted by atomic mass is 32.2. The summed E-state index contributed by atoms with van der Waals surface area (Å²) < 4.78 is 111. The SMILES string of the molecule is C#CS/C(=C\CC1=C(c2cc(-c3cc(C)c(CCOC)s3)sc2-c2cc(C)c(CCOC)s2)C(F)(F)C(F)(F)C1(F)F)c1cc(C)c(CCOC)s1. The molecule has 0 spiro atoms. The number of halogens is 6. The highest BCUT2D eigenvalue weighted by molar-refractivity contribution is 8.12. The van der Waals surface area contributed by atoms with Crippen molar-refractivity contribution in [2.45, 2.75) is 64.2 Å². The molecule has 0 radical (unpaired) electrons. The van der Waals surface area contributed by atoms with Gasteiger partial charge in [0, 0.05) is 96.3 Å². The maximum absolute atomic E-state index is 16.2. The molecule has 14 heteroatoms. The average Bonchev–Trinajstić information content (AvgIpc) is 3.88. The number of rotatable bonds is 16. The minimum absolute atomic E-state index is 0.232. The number of thiophene rings is 4. The average molecular weight is 817 g/mol. The number of alkyl halides is 6. The molecule has 4 aromatic heterocycles. The first-order valence-electron chi connectivity index (χ1n) is 16.2. The van der Waals surface area contributed by atoms with Crippen LogP contribution in [0.3, 0.4) is 0 Å². The zero-order chi connectivity index (χ0) is 38.0. The molecule has 0 aromatic carbocycles. The minimum Gasteiger partial charge on any atom is -0.384 e. The Morgan fingerprint density at radius 2 is 1.21 bits per heavy atom. The van der Waals surface area contributed by atoms with Gasteiger partial charge in [0.25, 0.3) is 0 Å². The van der Waals surface area contributed by atoms with Crippen molar-refractivity contribution in [1.82, 2.24) is 0 Å². The van der Waals surface area contributed by atoms with Gasteiger partial charge in [-0.05, 0) is 85.2 Å². The van der Waals surface area contributed by atoms with Crippen molar-refractivity contribution in [2.24, 2.45) is 0 Å². The van der Waals surface area contributed by atoms with Gasteiger partial charge in [-0.25, -0.2) is 0 Å². The van der Waals surface area contributed by atoms with E-state index in [1.807, 2.05) is 32.9 Å². The van der Waals surface area contributed by atoms with E-state index in [0.29, 0.717) is 58.6 Å². The largest absolute Gasteiger partial charge is 0.384 e. The molecule has 0 saturated carbocycles. The number of terminal acetylenes is 1. The topological polar surface area (TPSA) is 27.7 Å². The normalized spacial score (nSPS) is 16.6. The van der Waals surface area contributed by atoms with Crippen molar-refractivity contribution in [3.63, 3.8) is 0 Å². The lowest BCUT2D eigenvalue weighted by atomic mass is 9.96. The van der Waals surface area contributed by atoms with Crippen LogP contribution in [0.2, 0.25) is 0 Å². The van der Waals surface area contributed by atoms with Crippen LogP contribution in [0.5, 0.6) is 0 Å². The van der Waals surface area contributed by atoms with E-state index >= 15 is 26.3 Å². The second-order valence-corrected chi connectivity index (χ2v) is 17.6. The predicted molar refractivity (Wildman–Crippen MR) is 207 cm³/mol. The van der Waals surface area contributed by atoms with E-state index < -0.39 is 35.3 Å². The molecule has 0 amide bonds. The Morgan fingerprint density at radius 3 is 1.77 bits per heavy atom. The van der Waals surface area contributed by atoms with E-state index in [4.69, 9.17) is 20.6 Å². The summed E-state index contributed by atoms with van der Waals surface area (Å²) in [4.78, 5) is 5.89. The zero-order valence-corrected chi connectivity index (χ0v) is 33.5. The Balaban J connectivity index is 1.73. The summed E-state index contributed by atoms with van der Waals surface area (Å²) in [5.41, 5.74) is -0.247. The van der Waals surface area contributed by atoms with Crippen LogP contribution in [0, 0.1) is 32.4 Å². The molecule has 280 valence electrons. The van der Waals surface area contributed by atoms with Crippen molar-refractivity contribution in [1.29, 1.82) is 0 Å². The first kappa shape index (κ1) is 40.8. The van der Waals surface area contributed by atoms with Crippen LogP contribution in [0.25, 0.3) is 30.0 Å². The van der Waals surface area contributed by atoms with Crippen LogP contribution in [0.4, 0.5) is 26.3 Å². The van der Waals surface area contributed by atoms with Crippen molar-refractivity contribution in [3.05, 3.63) is 77.7 Å². The molecular weight excluding hydrogens is 779 g/mol. The Morgan fingerprint density at radius 1 is 0.712 bits per heavy atom. The number of methoxy groups -OCH3 is 3. The third kappa shape index (κ3) is 7.75. The van der Waals surface area contributed by atoms with Gasteiger partial charge in [-0.3, -0.25) is 0 Å². The number of ether oxygens (including phenoxy) is 3. The van der Waals surface area contributed by atoms with Gasteiger partial charge >= 0.3 is 17.8 Å². The smallest absolute Gasteiger partial charge is 0.380 e. The first-order chi connectivity index (χ1) is 24.6. The molecule has 52 heavy (non-hydrogen) atoms. The van der Waals surface area contributed by atoms with E-state index in [9.17, 15) is 0 Å². The fourth-order valence-electron chi connectivity index (χ4n) is 6.03. The fraction of sp³-hybridized carbons (Fsp3) is 0.421. The third-order valence-corrected chi connectivity index (χ3v) is 15.1. The number of thioether (sulfide) groups is 1. The van der Waals surface area contributed by atoms with Gasteiger partial charge in [0.15, 0.2) is 0 Å². The lowest BCUT2D eigenvalue weighted by Gasteiger charge is -2.25. The fourth-order valence-corrected chi connectivity index (χ4v) is 11.5. The molecule has 0 atom stereocenters. The second-order valence-electron chi connectivity index (χ2n) is 12.3. The van der Waals surface area contributed by atoms with Gasteiger partial charge < -0.3 is 14.2 Å². The highest BCUT2D eigenvalue weighted by Crippen LogP contribution is 2.65. The van der Waals surface area contributed by atoms with Gasteiger partial charge in [0.05, 0.1) is 24.7 Å². The highest BCUT2D eigenvalue weighted by Gasteiger charge is 2.80. The van der Waals surface area contributed by atoms with E-state index in [2.05, 4.69) is 5.25 Å². The molecule has 0 bridgehead atoms. The van der Waals surface area contributed by atoms with Crippen LogP contribution in [0.1, 0.15) is 48.2 Å². The van der Waals surface area contributed by atoms with Gasteiger partial charge in [0.2, 0.25) is 0 Å². The van der Waals surface area contributed by atoms with Gasteiger partial charge in [-0.2, -0.15) is 26.3 Å². The molecule has 3 nitrogen and oxygen atoms in total. The van der Waals surface area contributed by atoms with E-state index in [1.165, 1.54) is 46.2 Å². The zero-order valence-electron chi connectivity index (χ0n) is 29.4. The van der Waals surface area contributed by atoms with Crippen molar-refractivity contribution < 1.29 is 40.6 Å². The summed E-state index contributed by atoms with van der Waals surface area (Å²) in [6.45, 7) is 7.01. The molecule has 4 aromatic rings. The molecule has 1 aliphatic carbocycles. The summed E-state index contributed by atoms with van der Waals surface area (Å²) >= 11 is 6.14. The molecule has 1 aliphatic rings. The number of hydrogen-bond donors (Lipinski definition) is 0. The number of aryl methyl sites for hydroxylation is 3. The molecule has 4 heterocycles. The van der Waals surface area contributed by atoms with Crippen molar-refractivity contribution in [3.8, 4) is 31.2 Å². The molecular formula is C38H38F6O3S5. The monoisotopic (exact) mass is 816 g/mol. The van der Waals surface area contributed by atoms with Gasteiger partial charge in [0.1, 0.15) is 0 Å². The van der Waals surface area contributed by atoms with E-state index in [0.717, 1.165) is 59.3 Å². The van der Waals surface area contributed by atoms with Crippen LogP contribution >= 0.6 is 57.1 Å². The Hall–Kier alpha value is -2.35. The standard InChI is InChI=1S/C38H38F6O3S5/c1-8-48-29(30-17-21(2)26(49-30)11-14-45-5)10-9-25-34(37(41,42)38(43,44)36(25,39)40)24-20-32(31-18-22(3)27(50-31)12-15-46-6)52-35(24)33-19-23(4)28(51-33)13-16-47-7/h1,10,17-20H,9,11-16H2,2-7H3/b29-10-. The molecule has 5 rings (SSSR count). The quantitative estimate of drug-likeness (QED) is 0.0832. The lowest BCUT2D eigenvalue weighted by Crippen LogP contribution is -2.49. The van der Waals surface area contributed by atoms with Crippen LogP contribution < -0.4 is 0 Å². The summed E-state index contributed by atoms with van der Waals surface area (Å²) in [5.74, 6) is -16.0. The molecule has 0 fully saturated rings. The van der Waals surface area contributed by atoms with Crippen molar-refractivity contribution in [2.75, 3.05) is 41.2 Å². The maximum Gasteiger partial charge on any atom is 0.380 e. The summed E-state index contributed by atoms with van der Waals surface area (Å²) in [5, 5.41) is 2.42. The van der Waals surface area contributed by atoms with Crippen molar-refractivity contribution >= 4 is 67.6 Å². The molecule has 0 unspecified atom stereocenters. The Bertz CT molecular complexity index is 2010. The van der Waals surface area contributed by atoms with Crippen LogP contribution in [-0.2, 0) is 33.5 Å². The third-order valence-electron chi connectivity index (χ3n) is 8.82. The van der Waals surface area contributed by atoms with Gasteiger partial charge in [-0.15, -0.1) is 51.8 Å². The number of allylic oxidation sites excluding steroid dienone is 3. The summed E-state index contributed by atoms with van der Waals surface area (Å²) in [6, 6.07) is 6.90. The maximum atomic E-state index is 16.2. The lowest BCUT2D eigenvalue weighted by molar-refractivity contribution is -0.260. The number of hydrogen-bond acceptors (Lipinski definition) is 8. The molecule has 0 aliphatic heterocycles. The Labute approximate surface area is 320 Å². The first-order valence-corrected chi connectivity index (χ1v) is 20.3. The molecule has 0 saturated heterocycles. The summed E-state index contributed by atoms with van der Waals surface area (Å²) in [6.07, 6.45) is 7.78. The van der Waals surface area contributed by atoms with Crippen LogP contribution in [0.15, 0.2) is 35.9 Å². The minimum atomic E-state index is -5.67. The predicted octanol–water partition coefficient (Wildman–Crippen LogP) is 12.2. The summed E-state index contributed by atoms with van der Waals surface area (Å²) in [7, 11) is 4.73. The van der Waals surface area contributed by atoms with E-state index in [-0.39, 0.29) is 10.4 Å². The Kier molecular flexibility index (Phi) is 13.0. The van der Waals surface area contributed by atoms with Crippen LogP contribution in [-0.4, -0.2) is 58.9 Å². The molecule has 0 N–H and O–H groups in total.